The van der Waals surface area contributed by atoms with Crippen molar-refractivity contribution >= 4 is 19.0 Å². The fourth-order valence-electron chi connectivity index (χ4n) is 1.46. The zero-order chi connectivity index (χ0) is 12.0. The lowest BCUT2D eigenvalue weighted by atomic mass is 9.72. The molecule has 86 valence electrons. The van der Waals surface area contributed by atoms with Gasteiger partial charge in [0.2, 0.25) is 0 Å². The second kappa shape index (κ2) is 6.21. The summed E-state index contributed by atoms with van der Waals surface area (Å²) in [6.07, 6.45) is 2.71. The van der Waals surface area contributed by atoms with Gasteiger partial charge in [0.25, 0.3) is 0 Å². The lowest BCUT2D eigenvalue weighted by molar-refractivity contribution is 0.112. The molecule has 3 nitrogen and oxygen atoms in total. The van der Waals surface area contributed by atoms with Gasteiger partial charge in [-0.3, -0.25) is 4.79 Å². The Balaban J connectivity index is 2.89. The Kier molecular flexibility index (Phi) is 4.90. The van der Waals surface area contributed by atoms with Gasteiger partial charge in [-0.15, -0.1) is 0 Å². The highest BCUT2D eigenvalue weighted by Crippen LogP contribution is 2.20. The summed E-state index contributed by atoms with van der Waals surface area (Å²) in [5.41, 5.74) is 1.27. The summed E-state index contributed by atoms with van der Waals surface area (Å²) in [4.78, 5) is 10.7. The minimum absolute atomic E-state index is 0.0151. The van der Waals surface area contributed by atoms with Gasteiger partial charge in [0.1, 0.15) is 11.5 Å². The van der Waals surface area contributed by atoms with Crippen LogP contribution in [-0.4, -0.2) is 25.3 Å². The van der Waals surface area contributed by atoms with E-state index in [9.17, 15) is 9.90 Å². The number of unbranched alkanes of at least 4 members (excludes halogenated alkanes) is 1. The fourth-order valence-corrected chi connectivity index (χ4v) is 1.46. The standard InChI is InChI=1S/C12H17BO3/c1-3-4-5-16-12-7-11(15)9(8-14)6-10(12)13-2/h6-8,13,15H,3-5H2,1-2H3. The highest BCUT2D eigenvalue weighted by atomic mass is 16.5. The minimum Gasteiger partial charge on any atom is -0.507 e. The SMILES string of the molecule is CBc1cc(C=O)c(O)cc1OCCCC. The predicted molar refractivity (Wildman–Crippen MR) is 66.5 cm³/mol. The van der Waals surface area contributed by atoms with Gasteiger partial charge >= 0.3 is 0 Å². The Hall–Kier alpha value is -1.45. The molecule has 16 heavy (non-hydrogen) atoms. The van der Waals surface area contributed by atoms with Crippen LogP contribution >= 0.6 is 0 Å². The van der Waals surface area contributed by atoms with Crippen LogP contribution in [0.3, 0.4) is 0 Å². The summed E-state index contributed by atoms with van der Waals surface area (Å²) < 4.78 is 5.57. The first kappa shape index (κ1) is 12.6. The van der Waals surface area contributed by atoms with Gasteiger partial charge in [0.15, 0.2) is 13.6 Å². The minimum atomic E-state index is -0.0151. The molecule has 0 aliphatic rings. The van der Waals surface area contributed by atoms with Crippen molar-refractivity contribution in [2.24, 2.45) is 0 Å². The molecule has 4 heteroatoms. The Labute approximate surface area is 96.7 Å². The zero-order valence-corrected chi connectivity index (χ0v) is 9.82. The number of carbonyl (C=O) groups is 1. The summed E-state index contributed by atoms with van der Waals surface area (Å²) >= 11 is 0. The summed E-state index contributed by atoms with van der Waals surface area (Å²) in [5, 5.41) is 9.56. The first-order chi connectivity index (χ1) is 7.72. The number of rotatable bonds is 6. The van der Waals surface area contributed by atoms with Crippen molar-refractivity contribution in [3.63, 3.8) is 0 Å². The number of benzene rings is 1. The van der Waals surface area contributed by atoms with Gasteiger partial charge in [-0.25, -0.2) is 0 Å². The monoisotopic (exact) mass is 220 g/mol. The number of ether oxygens (including phenoxy) is 1. The lowest BCUT2D eigenvalue weighted by Crippen LogP contribution is -2.16. The molecule has 0 aromatic heterocycles. The molecule has 0 atom stereocenters. The van der Waals surface area contributed by atoms with E-state index in [4.69, 9.17) is 4.74 Å². The van der Waals surface area contributed by atoms with E-state index in [0.29, 0.717) is 24.2 Å². The van der Waals surface area contributed by atoms with Crippen molar-refractivity contribution in [3.8, 4) is 11.5 Å². The molecule has 0 aliphatic heterocycles. The molecule has 0 aliphatic carbocycles. The number of aldehydes is 1. The molecule has 0 saturated heterocycles. The van der Waals surface area contributed by atoms with Crippen LogP contribution in [0.1, 0.15) is 30.1 Å². The van der Waals surface area contributed by atoms with Crippen molar-refractivity contribution in [3.05, 3.63) is 17.7 Å². The molecule has 1 N–H and O–H groups in total. The molecule has 0 unspecified atom stereocenters. The third-order valence-corrected chi connectivity index (χ3v) is 2.47. The zero-order valence-electron chi connectivity index (χ0n) is 9.82. The fraction of sp³-hybridized carbons (Fsp3) is 0.417. The lowest BCUT2D eigenvalue weighted by Gasteiger charge is -2.11. The molecule has 0 heterocycles. The summed E-state index contributed by atoms with van der Waals surface area (Å²) in [6.45, 7) is 4.73. The number of phenolic OH excluding ortho intramolecular Hbond substituents is 1. The Morgan fingerprint density at radius 2 is 2.25 bits per heavy atom. The number of hydrogen-bond donors (Lipinski definition) is 1. The van der Waals surface area contributed by atoms with E-state index in [1.807, 2.05) is 6.82 Å². The van der Waals surface area contributed by atoms with Crippen molar-refractivity contribution in [1.82, 2.24) is 0 Å². The number of aromatic hydroxyl groups is 1. The Morgan fingerprint density at radius 3 is 2.81 bits per heavy atom. The molecule has 0 fully saturated rings. The molecule has 1 aromatic carbocycles. The van der Waals surface area contributed by atoms with Crippen LogP contribution in [0.5, 0.6) is 11.5 Å². The average Bonchev–Trinajstić information content (AvgIpc) is 2.30. The van der Waals surface area contributed by atoms with Crippen LogP contribution < -0.4 is 10.2 Å². The molecule has 0 amide bonds. The maximum Gasteiger partial charge on any atom is 0.159 e. The predicted octanol–water partition coefficient (Wildman–Crippen LogP) is 1.49. The number of hydrogen-bond acceptors (Lipinski definition) is 3. The number of carbonyl (C=O) groups excluding carboxylic acids is 1. The molecular formula is C12H17BO3. The normalized spacial score (nSPS) is 9.88. The van der Waals surface area contributed by atoms with Crippen molar-refractivity contribution in [2.45, 2.75) is 26.6 Å². The average molecular weight is 220 g/mol. The van der Waals surface area contributed by atoms with E-state index in [-0.39, 0.29) is 5.75 Å². The van der Waals surface area contributed by atoms with E-state index in [2.05, 4.69) is 6.92 Å². The maximum absolute atomic E-state index is 10.7. The topological polar surface area (TPSA) is 46.5 Å². The van der Waals surface area contributed by atoms with E-state index in [1.54, 1.807) is 6.07 Å². The highest BCUT2D eigenvalue weighted by Gasteiger charge is 2.08. The third kappa shape index (κ3) is 3.02. The van der Waals surface area contributed by atoms with Crippen molar-refractivity contribution < 1.29 is 14.6 Å². The van der Waals surface area contributed by atoms with E-state index < -0.39 is 0 Å². The molecule has 0 bridgehead atoms. The quantitative estimate of drug-likeness (QED) is 0.448. The molecule has 1 rings (SSSR count). The van der Waals surface area contributed by atoms with Crippen LogP contribution in [0.4, 0.5) is 0 Å². The second-order valence-corrected chi connectivity index (χ2v) is 3.69. The second-order valence-electron chi connectivity index (χ2n) is 3.69. The van der Waals surface area contributed by atoms with Gasteiger partial charge in [-0.1, -0.05) is 26.2 Å². The van der Waals surface area contributed by atoms with E-state index >= 15 is 0 Å². The molecule has 0 spiro atoms. The third-order valence-electron chi connectivity index (χ3n) is 2.47. The molecule has 0 radical (unpaired) electrons. The van der Waals surface area contributed by atoms with Gasteiger partial charge in [0, 0.05) is 6.07 Å². The van der Waals surface area contributed by atoms with Gasteiger partial charge in [0.05, 0.1) is 12.2 Å². The Morgan fingerprint density at radius 1 is 1.50 bits per heavy atom. The smallest absolute Gasteiger partial charge is 0.159 e. The van der Waals surface area contributed by atoms with Crippen LogP contribution in [0.25, 0.3) is 0 Å². The first-order valence-corrected chi connectivity index (χ1v) is 5.66. The van der Waals surface area contributed by atoms with Gasteiger partial charge in [-0.05, 0) is 11.9 Å². The van der Waals surface area contributed by atoms with Crippen LogP contribution in [0, 0.1) is 0 Å². The summed E-state index contributed by atoms with van der Waals surface area (Å²) in [5.74, 6) is 0.665. The molecule has 1 aromatic rings. The van der Waals surface area contributed by atoms with Crippen molar-refractivity contribution in [1.29, 1.82) is 0 Å². The van der Waals surface area contributed by atoms with Gasteiger partial charge < -0.3 is 9.84 Å². The van der Waals surface area contributed by atoms with Gasteiger partial charge in [-0.2, -0.15) is 0 Å². The summed E-state index contributed by atoms with van der Waals surface area (Å²) in [6, 6.07) is 3.21. The summed E-state index contributed by atoms with van der Waals surface area (Å²) in [7, 11) is 0.780. The first-order valence-electron chi connectivity index (χ1n) is 5.66. The van der Waals surface area contributed by atoms with Crippen LogP contribution in [0.2, 0.25) is 6.82 Å². The largest absolute Gasteiger partial charge is 0.507 e. The van der Waals surface area contributed by atoms with Crippen LogP contribution in [-0.2, 0) is 0 Å². The molecule has 0 saturated carbocycles. The maximum atomic E-state index is 10.7. The van der Waals surface area contributed by atoms with E-state index in [0.717, 1.165) is 25.6 Å². The van der Waals surface area contributed by atoms with E-state index in [1.165, 1.54) is 6.07 Å². The number of phenols is 1. The van der Waals surface area contributed by atoms with Crippen LogP contribution in [0.15, 0.2) is 12.1 Å². The highest BCUT2D eigenvalue weighted by molar-refractivity contribution is 6.53. The van der Waals surface area contributed by atoms with Crippen molar-refractivity contribution in [2.75, 3.05) is 6.61 Å². The Bertz CT molecular complexity index is 364. The molecular weight excluding hydrogens is 203 g/mol.